The molecule has 1 N–H and O–H groups in total. The van der Waals surface area contributed by atoms with Crippen LogP contribution in [0.4, 0.5) is 0 Å². The number of hydrogen-bond donors (Lipinski definition) is 1. The molecule has 3 heterocycles. The van der Waals surface area contributed by atoms with Crippen LogP contribution in [0.2, 0.25) is 0 Å². The molecule has 2 fully saturated rings. The standard InChI is InChI=1S/C15H23N3OS2/c20-15(16-10-14-2-1-8-19-14)18-6-4-17(5-7-18)11-13-3-9-21-12-13/h3,9,12,14H,1-2,4-8,10-11H2,(H,16,20)/t14-/m0/s1. The van der Waals surface area contributed by atoms with Crippen LogP contribution in [-0.4, -0.2) is 60.3 Å². The molecule has 0 saturated carbocycles. The van der Waals surface area contributed by atoms with Crippen LogP contribution in [0.25, 0.3) is 0 Å². The van der Waals surface area contributed by atoms with E-state index in [0.717, 1.165) is 57.4 Å². The first-order valence-electron chi connectivity index (χ1n) is 7.69. The Morgan fingerprint density at radius 3 is 2.90 bits per heavy atom. The summed E-state index contributed by atoms with van der Waals surface area (Å²) in [5, 5.41) is 8.64. The Labute approximate surface area is 136 Å². The van der Waals surface area contributed by atoms with Gasteiger partial charge in [-0.25, -0.2) is 0 Å². The predicted octanol–water partition coefficient (Wildman–Crippen LogP) is 1.92. The molecule has 0 radical (unpaired) electrons. The third-order valence-electron chi connectivity index (χ3n) is 4.15. The SMILES string of the molecule is S=C(NC[C@@H]1CCCO1)N1CCN(Cc2ccsc2)CC1. The number of thiophene rings is 1. The van der Waals surface area contributed by atoms with E-state index in [0.29, 0.717) is 6.10 Å². The van der Waals surface area contributed by atoms with E-state index in [1.54, 1.807) is 11.3 Å². The lowest BCUT2D eigenvalue weighted by atomic mass is 10.2. The fraction of sp³-hybridized carbons (Fsp3) is 0.667. The van der Waals surface area contributed by atoms with Gasteiger partial charge in [-0.2, -0.15) is 11.3 Å². The van der Waals surface area contributed by atoms with E-state index in [4.69, 9.17) is 17.0 Å². The maximum atomic E-state index is 5.62. The number of hydrogen-bond acceptors (Lipinski definition) is 4. The van der Waals surface area contributed by atoms with Gasteiger partial charge in [-0.3, -0.25) is 4.90 Å². The molecule has 0 aliphatic carbocycles. The second kappa shape index (κ2) is 7.54. The summed E-state index contributed by atoms with van der Waals surface area (Å²) in [6.45, 7) is 7.01. The van der Waals surface area contributed by atoms with Crippen molar-refractivity contribution in [2.24, 2.45) is 0 Å². The Morgan fingerprint density at radius 1 is 1.38 bits per heavy atom. The molecule has 1 atom stereocenters. The minimum atomic E-state index is 0.350. The molecular formula is C15H23N3OS2. The van der Waals surface area contributed by atoms with Gasteiger partial charge in [0.15, 0.2) is 5.11 Å². The van der Waals surface area contributed by atoms with Crippen LogP contribution in [0, 0.1) is 0 Å². The Balaban J connectivity index is 1.37. The Bertz CT molecular complexity index is 438. The molecule has 4 nitrogen and oxygen atoms in total. The van der Waals surface area contributed by atoms with Crippen molar-refractivity contribution < 1.29 is 4.74 Å². The van der Waals surface area contributed by atoms with Gasteiger partial charge in [0.2, 0.25) is 0 Å². The molecule has 0 spiro atoms. The molecule has 6 heteroatoms. The maximum Gasteiger partial charge on any atom is 0.169 e. The lowest BCUT2D eigenvalue weighted by Gasteiger charge is -2.36. The molecule has 2 saturated heterocycles. The Morgan fingerprint density at radius 2 is 2.24 bits per heavy atom. The molecule has 3 rings (SSSR count). The molecular weight excluding hydrogens is 302 g/mol. The van der Waals surface area contributed by atoms with E-state index in [1.807, 2.05) is 0 Å². The van der Waals surface area contributed by atoms with Crippen molar-refractivity contribution in [1.29, 1.82) is 0 Å². The van der Waals surface area contributed by atoms with Crippen LogP contribution in [0.3, 0.4) is 0 Å². The van der Waals surface area contributed by atoms with Crippen LogP contribution < -0.4 is 5.32 Å². The van der Waals surface area contributed by atoms with E-state index >= 15 is 0 Å². The van der Waals surface area contributed by atoms with Gasteiger partial charge < -0.3 is 15.0 Å². The Kier molecular flexibility index (Phi) is 5.46. The van der Waals surface area contributed by atoms with E-state index in [-0.39, 0.29) is 0 Å². The fourth-order valence-electron chi connectivity index (χ4n) is 2.87. The lowest BCUT2D eigenvalue weighted by molar-refractivity contribution is 0.112. The number of nitrogens with zero attached hydrogens (tertiary/aromatic N) is 2. The summed E-state index contributed by atoms with van der Waals surface area (Å²) < 4.78 is 5.62. The number of nitrogens with one attached hydrogen (secondary N) is 1. The van der Waals surface area contributed by atoms with Crippen molar-refractivity contribution in [2.75, 3.05) is 39.3 Å². The molecule has 2 aliphatic heterocycles. The van der Waals surface area contributed by atoms with Crippen LogP contribution in [-0.2, 0) is 11.3 Å². The van der Waals surface area contributed by atoms with Gasteiger partial charge in [0.25, 0.3) is 0 Å². The van der Waals surface area contributed by atoms with Crippen LogP contribution in [0.5, 0.6) is 0 Å². The summed E-state index contributed by atoms with van der Waals surface area (Å²) in [6.07, 6.45) is 2.69. The summed E-state index contributed by atoms with van der Waals surface area (Å²) in [6, 6.07) is 2.21. The fourth-order valence-corrected chi connectivity index (χ4v) is 3.79. The zero-order valence-corrected chi connectivity index (χ0v) is 13.9. The van der Waals surface area contributed by atoms with Gasteiger partial charge in [0.1, 0.15) is 0 Å². The number of thiocarbonyl (C=S) groups is 1. The van der Waals surface area contributed by atoms with Crippen molar-refractivity contribution >= 4 is 28.7 Å². The normalized spacial score (nSPS) is 23.4. The molecule has 1 aromatic heterocycles. The highest BCUT2D eigenvalue weighted by Gasteiger charge is 2.20. The van der Waals surface area contributed by atoms with Gasteiger partial charge >= 0.3 is 0 Å². The van der Waals surface area contributed by atoms with Crippen molar-refractivity contribution in [2.45, 2.75) is 25.5 Å². The van der Waals surface area contributed by atoms with E-state index in [9.17, 15) is 0 Å². The second-order valence-electron chi connectivity index (χ2n) is 5.72. The van der Waals surface area contributed by atoms with Crippen molar-refractivity contribution in [1.82, 2.24) is 15.1 Å². The van der Waals surface area contributed by atoms with Gasteiger partial charge in [0, 0.05) is 45.9 Å². The van der Waals surface area contributed by atoms with Gasteiger partial charge in [-0.05, 0) is 47.4 Å². The minimum absolute atomic E-state index is 0.350. The Hall–Kier alpha value is -0.690. The van der Waals surface area contributed by atoms with Crippen LogP contribution >= 0.6 is 23.6 Å². The lowest BCUT2D eigenvalue weighted by Crippen LogP contribution is -2.52. The summed E-state index contributed by atoms with van der Waals surface area (Å²) in [7, 11) is 0. The predicted molar refractivity (Wildman–Crippen MR) is 90.7 cm³/mol. The molecule has 2 aliphatic rings. The van der Waals surface area contributed by atoms with Gasteiger partial charge in [-0.1, -0.05) is 0 Å². The highest BCUT2D eigenvalue weighted by atomic mass is 32.1. The van der Waals surface area contributed by atoms with E-state index < -0.39 is 0 Å². The number of ether oxygens (including phenoxy) is 1. The van der Waals surface area contributed by atoms with E-state index in [1.165, 1.54) is 12.0 Å². The molecule has 0 unspecified atom stereocenters. The van der Waals surface area contributed by atoms with Crippen molar-refractivity contribution in [3.8, 4) is 0 Å². The molecule has 1 aromatic rings. The second-order valence-corrected chi connectivity index (χ2v) is 6.88. The number of piperazine rings is 1. The van der Waals surface area contributed by atoms with Crippen LogP contribution in [0.1, 0.15) is 18.4 Å². The largest absolute Gasteiger partial charge is 0.376 e. The highest BCUT2D eigenvalue weighted by Crippen LogP contribution is 2.13. The number of rotatable bonds is 4. The first-order chi connectivity index (χ1) is 10.3. The first-order valence-corrected chi connectivity index (χ1v) is 9.04. The van der Waals surface area contributed by atoms with Crippen molar-refractivity contribution in [3.63, 3.8) is 0 Å². The van der Waals surface area contributed by atoms with Crippen LogP contribution in [0.15, 0.2) is 16.8 Å². The highest BCUT2D eigenvalue weighted by molar-refractivity contribution is 7.80. The van der Waals surface area contributed by atoms with E-state index in [2.05, 4.69) is 31.9 Å². The summed E-state index contributed by atoms with van der Waals surface area (Å²) in [5.41, 5.74) is 1.42. The minimum Gasteiger partial charge on any atom is -0.376 e. The average molecular weight is 326 g/mol. The summed E-state index contributed by atoms with van der Waals surface area (Å²) in [5.74, 6) is 0. The zero-order valence-electron chi connectivity index (χ0n) is 12.3. The first kappa shape index (κ1) is 15.2. The molecule has 0 amide bonds. The maximum absolute atomic E-state index is 5.62. The zero-order chi connectivity index (χ0) is 14.5. The van der Waals surface area contributed by atoms with Gasteiger partial charge in [0.05, 0.1) is 6.10 Å². The van der Waals surface area contributed by atoms with Gasteiger partial charge in [-0.15, -0.1) is 0 Å². The van der Waals surface area contributed by atoms with Crippen molar-refractivity contribution in [3.05, 3.63) is 22.4 Å². The molecule has 116 valence electrons. The molecule has 0 aromatic carbocycles. The summed E-state index contributed by atoms with van der Waals surface area (Å²) in [4.78, 5) is 4.79. The topological polar surface area (TPSA) is 27.7 Å². The quantitative estimate of drug-likeness (QED) is 0.854. The summed E-state index contributed by atoms with van der Waals surface area (Å²) >= 11 is 7.28. The molecule has 21 heavy (non-hydrogen) atoms. The average Bonchev–Trinajstić information content (AvgIpc) is 3.19. The third-order valence-corrected chi connectivity index (χ3v) is 5.29. The smallest absolute Gasteiger partial charge is 0.169 e. The molecule has 0 bridgehead atoms. The monoisotopic (exact) mass is 325 g/mol. The third kappa shape index (κ3) is 4.39.